The van der Waals surface area contributed by atoms with Crippen molar-refractivity contribution in [3.05, 3.63) is 65.1 Å². The van der Waals surface area contributed by atoms with Crippen molar-refractivity contribution >= 4 is 33.4 Å². The molecule has 9 rings (SSSR count). The number of hydrogen-bond acceptors (Lipinski definition) is 10. The molecule has 2 N–H and O–H groups in total. The van der Waals surface area contributed by atoms with Gasteiger partial charge < -0.3 is 29.9 Å². The molecule has 0 spiro atoms. The van der Waals surface area contributed by atoms with E-state index in [0.717, 1.165) is 51.3 Å². The van der Waals surface area contributed by atoms with Gasteiger partial charge in [-0.3, -0.25) is 14.5 Å². The topological polar surface area (TPSA) is 125 Å². The molecule has 1 aliphatic carbocycles. The zero-order valence-electron chi connectivity index (χ0n) is 30.6. The van der Waals surface area contributed by atoms with Gasteiger partial charge in [-0.25, -0.2) is 8.78 Å². The Morgan fingerprint density at radius 1 is 1.00 bits per heavy atom. The number of nitrogens with one attached hydrogen (secondary N) is 1. The molecule has 12 nitrogen and oxygen atoms in total. The molecule has 3 fully saturated rings. The van der Waals surface area contributed by atoms with Crippen LogP contribution in [0.4, 0.5) is 14.6 Å². The molecule has 3 aromatic heterocycles. The average Bonchev–Trinajstić information content (AvgIpc) is 3.62. The van der Waals surface area contributed by atoms with Gasteiger partial charge in [0.2, 0.25) is 0 Å². The van der Waals surface area contributed by atoms with Gasteiger partial charge in [-0.1, -0.05) is 13.0 Å². The van der Waals surface area contributed by atoms with Gasteiger partial charge in [-0.2, -0.15) is 15.1 Å². The number of halogens is 2. The van der Waals surface area contributed by atoms with Crippen molar-refractivity contribution in [3.8, 4) is 23.0 Å². The van der Waals surface area contributed by atoms with Gasteiger partial charge in [-0.05, 0) is 92.2 Å². The molecule has 0 bridgehead atoms. The van der Waals surface area contributed by atoms with Crippen molar-refractivity contribution in [2.24, 2.45) is 5.41 Å². The Morgan fingerprint density at radius 2 is 1.81 bits per heavy atom. The Balaban J connectivity index is 1.12. The number of phenols is 1. The zero-order valence-corrected chi connectivity index (χ0v) is 30.6. The lowest BCUT2D eigenvalue weighted by atomic mass is 9.94. The minimum absolute atomic E-state index is 0.0222. The first kappa shape index (κ1) is 34.8. The van der Waals surface area contributed by atoms with Crippen LogP contribution in [-0.2, 0) is 19.5 Å². The molecule has 14 heteroatoms. The maximum atomic E-state index is 17.2. The number of hydrogen-bond donors (Lipinski definition) is 2. The highest BCUT2D eigenvalue weighted by Crippen LogP contribution is 2.47. The van der Waals surface area contributed by atoms with Crippen LogP contribution in [0.2, 0.25) is 0 Å². The van der Waals surface area contributed by atoms with Crippen molar-refractivity contribution in [1.29, 1.82) is 0 Å². The van der Waals surface area contributed by atoms with Crippen molar-refractivity contribution in [2.45, 2.75) is 58.5 Å². The number of anilines is 1. The van der Waals surface area contributed by atoms with Crippen LogP contribution in [0.5, 0.6) is 11.8 Å². The molecule has 1 amide bonds. The van der Waals surface area contributed by atoms with Gasteiger partial charge in [0.1, 0.15) is 28.6 Å². The Labute approximate surface area is 312 Å². The fourth-order valence-corrected chi connectivity index (χ4v) is 8.48. The third kappa shape index (κ3) is 6.48. The van der Waals surface area contributed by atoms with E-state index in [0.29, 0.717) is 85.4 Å². The average molecular weight is 738 g/mol. The highest BCUT2D eigenvalue weighted by molar-refractivity contribution is 6.02. The molecule has 0 unspecified atom stereocenters. The third-order valence-electron chi connectivity index (χ3n) is 11.6. The highest BCUT2D eigenvalue weighted by atomic mass is 19.1. The van der Waals surface area contributed by atoms with Gasteiger partial charge in [-0.15, -0.1) is 0 Å². The first-order valence-corrected chi connectivity index (χ1v) is 19.3. The van der Waals surface area contributed by atoms with Crippen LogP contribution in [-0.4, -0.2) is 105 Å². The minimum atomic E-state index is -0.707. The molecule has 54 heavy (non-hydrogen) atoms. The molecular weight excluding hydrogens is 692 g/mol. The lowest BCUT2D eigenvalue weighted by Gasteiger charge is -2.26. The lowest BCUT2D eigenvalue weighted by Crippen LogP contribution is -2.46. The summed E-state index contributed by atoms with van der Waals surface area (Å²) >= 11 is 0. The SMILES string of the molecule is CCc1c(F)ccc2cc(O)cc(-c3ncc4c(N5CCCn6nc(C(=O)N7CCNCC7)cc6C5)nc(OCC5(CN6CCCC6)CC5)nc4c3F)c12. The van der Waals surface area contributed by atoms with Crippen molar-refractivity contribution in [1.82, 2.24) is 39.8 Å². The molecule has 4 aliphatic rings. The summed E-state index contributed by atoms with van der Waals surface area (Å²) in [7, 11) is 0. The number of carbonyl (C=O) groups is 1. The number of fused-ring (bicyclic) bond motifs is 3. The number of ether oxygens (including phenoxy) is 1. The Kier molecular flexibility index (Phi) is 9.04. The fourth-order valence-electron chi connectivity index (χ4n) is 8.48. The number of aromatic hydroxyl groups is 1. The molecule has 6 heterocycles. The summed E-state index contributed by atoms with van der Waals surface area (Å²) in [6, 6.07) is 7.86. The second kappa shape index (κ2) is 14.0. The predicted octanol–water partition coefficient (Wildman–Crippen LogP) is 5.30. The van der Waals surface area contributed by atoms with Crippen LogP contribution in [0.15, 0.2) is 36.5 Å². The van der Waals surface area contributed by atoms with E-state index in [-0.39, 0.29) is 39.9 Å². The van der Waals surface area contributed by atoms with E-state index in [9.17, 15) is 9.90 Å². The number of phenolic OH excluding ortho intramolecular Hbond substituents is 1. The smallest absolute Gasteiger partial charge is 0.319 e. The number of amides is 1. The fraction of sp³-hybridized carbons (Fsp3) is 0.475. The quantitative estimate of drug-likeness (QED) is 0.206. The summed E-state index contributed by atoms with van der Waals surface area (Å²) in [6.45, 7) is 9.79. The van der Waals surface area contributed by atoms with Crippen LogP contribution in [0.3, 0.4) is 0 Å². The molecule has 282 valence electrons. The molecule has 0 atom stereocenters. The summed E-state index contributed by atoms with van der Waals surface area (Å²) in [5, 5.41) is 20.2. The maximum absolute atomic E-state index is 17.2. The van der Waals surface area contributed by atoms with Crippen LogP contribution in [0, 0.1) is 17.0 Å². The van der Waals surface area contributed by atoms with Gasteiger partial charge in [0.05, 0.1) is 24.2 Å². The van der Waals surface area contributed by atoms with E-state index in [1.807, 2.05) is 22.6 Å². The van der Waals surface area contributed by atoms with Gasteiger partial charge >= 0.3 is 6.01 Å². The second-order valence-corrected chi connectivity index (χ2v) is 15.3. The number of benzene rings is 2. The number of rotatable bonds is 9. The number of aryl methyl sites for hydroxylation is 2. The Morgan fingerprint density at radius 3 is 2.59 bits per heavy atom. The van der Waals surface area contributed by atoms with E-state index in [2.05, 4.69) is 20.1 Å². The molecule has 3 aliphatic heterocycles. The van der Waals surface area contributed by atoms with E-state index in [1.54, 1.807) is 18.3 Å². The first-order chi connectivity index (χ1) is 26.3. The normalized spacial score (nSPS) is 18.6. The van der Waals surface area contributed by atoms with Crippen molar-refractivity contribution in [2.75, 3.05) is 63.9 Å². The molecule has 0 radical (unpaired) electrons. The van der Waals surface area contributed by atoms with E-state index < -0.39 is 11.6 Å². The standard InChI is InChI=1S/C40H45F2N9O3/c1-2-28-31(41)7-6-25-18-27(52)20-29(33(25)28)35-34(42)36-30(21-44-35)37(46-39(45-36)54-24-40(8-9-40)23-48-12-3-4-13-48)50-14-5-15-51-26(22-50)19-32(47-51)38(53)49-16-10-43-11-17-49/h6-7,18-21,43,52H,2-5,8-17,22-24H2,1H3. The minimum Gasteiger partial charge on any atom is -0.508 e. The van der Waals surface area contributed by atoms with Crippen LogP contribution in [0.1, 0.15) is 60.8 Å². The van der Waals surface area contributed by atoms with E-state index >= 15 is 8.78 Å². The van der Waals surface area contributed by atoms with Gasteiger partial charge in [0.25, 0.3) is 5.91 Å². The zero-order chi connectivity index (χ0) is 37.0. The monoisotopic (exact) mass is 737 g/mol. The number of piperazine rings is 1. The third-order valence-corrected chi connectivity index (χ3v) is 11.6. The number of pyridine rings is 1. The molecule has 1 saturated carbocycles. The maximum Gasteiger partial charge on any atom is 0.319 e. The summed E-state index contributed by atoms with van der Waals surface area (Å²) in [5.74, 6) is -0.800. The van der Waals surface area contributed by atoms with Crippen molar-refractivity contribution < 1.29 is 23.4 Å². The van der Waals surface area contributed by atoms with Crippen LogP contribution >= 0.6 is 0 Å². The lowest BCUT2D eigenvalue weighted by molar-refractivity contribution is 0.0729. The molecule has 2 aromatic carbocycles. The summed E-state index contributed by atoms with van der Waals surface area (Å²) in [6.07, 6.45) is 7.18. The molecule has 2 saturated heterocycles. The van der Waals surface area contributed by atoms with Crippen LogP contribution < -0.4 is 15.0 Å². The number of nitrogens with zero attached hydrogens (tertiary/aromatic N) is 8. The van der Waals surface area contributed by atoms with Gasteiger partial charge in [0.15, 0.2) is 11.5 Å². The number of carbonyl (C=O) groups excluding carboxylic acids is 1. The first-order valence-electron chi connectivity index (χ1n) is 19.3. The number of aromatic nitrogens is 5. The highest BCUT2D eigenvalue weighted by Gasteiger charge is 2.45. The van der Waals surface area contributed by atoms with Gasteiger partial charge in [0, 0.05) is 63.0 Å². The largest absolute Gasteiger partial charge is 0.508 e. The van der Waals surface area contributed by atoms with Crippen molar-refractivity contribution in [3.63, 3.8) is 0 Å². The Bertz CT molecular complexity index is 2250. The van der Waals surface area contributed by atoms with E-state index in [4.69, 9.17) is 19.8 Å². The number of likely N-dealkylation sites (tertiary alicyclic amines) is 1. The van der Waals surface area contributed by atoms with Crippen LogP contribution in [0.25, 0.3) is 32.9 Å². The Hall–Kier alpha value is -4.95. The summed E-state index contributed by atoms with van der Waals surface area (Å²) < 4.78 is 40.6. The van der Waals surface area contributed by atoms with E-state index in [1.165, 1.54) is 25.0 Å². The summed E-state index contributed by atoms with van der Waals surface area (Å²) in [4.78, 5) is 34.0. The summed E-state index contributed by atoms with van der Waals surface area (Å²) in [5.41, 5.74) is 1.98. The molecular formula is C40H45F2N9O3. The second-order valence-electron chi connectivity index (χ2n) is 15.3. The molecule has 5 aromatic rings. The predicted molar refractivity (Wildman–Crippen MR) is 201 cm³/mol.